The van der Waals surface area contributed by atoms with E-state index in [0.717, 1.165) is 23.7 Å². The molecule has 0 heterocycles. The average molecular weight is 300 g/mol. The Bertz CT molecular complexity index is 490. The van der Waals surface area contributed by atoms with E-state index in [-0.39, 0.29) is 11.5 Å². The van der Waals surface area contributed by atoms with Gasteiger partial charge in [-0.15, -0.1) is 0 Å². The van der Waals surface area contributed by atoms with Crippen LogP contribution >= 0.6 is 11.8 Å². The van der Waals surface area contributed by atoms with Crippen molar-refractivity contribution in [3.63, 3.8) is 0 Å². The third-order valence-corrected chi connectivity index (χ3v) is 5.64. The van der Waals surface area contributed by atoms with Crippen molar-refractivity contribution in [2.45, 2.75) is 31.1 Å². The lowest BCUT2D eigenvalue weighted by atomic mass is 10.2. The molecular weight excluding hydrogens is 280 g/mol. The van der Waals surface area contributed by atoms with Crippen molar-refractivity contribution in [1.82, 2.24) is 0 Å². The molecule has 0 aromatic heterocycles. The van der Waals surface area contributed by atoms with Crippen molar-refractivity contribution in [2.75, 3.05) is 18.1 Å². The molecule has 0 N–H and O–H groups in total. The summed E-state index contributed by atoms with van der Waals surface area (Å²) in [7, 11) is -3.58. The van der Waals surface area contributed by atoms with Gasteiger partial charge in [-0.3, -0.25) is 4.18 Å². The molecule has 1 fully saturated rings. The molecule has 1 aliphatic rings. The SMILES string of the molecule is Cc1ccc(S(=O)(=O)OCCCSCC2CC2)cc1. The summed E-state index contributed by atoms with van der Waals surface area (Å²) in [5, 5.41) is 0. The van der Waals surface area contributed by atoms with Crippen LogP contribution in [0.15, 0.2) is 29.2 Å². The van der Waals surface area contributed by atoms with Crippen LogP contribution in [0.4, 0.5) is 0 Å². The van der Waals surface area contributed by atoms with Gasteiger partial charge in [0.1, 0.15) is 0 Å². The maximum absolute atomic E-state index is 11.9. The van der Waals surface area contributed by atoms with Crippen molar-refractivity contribution in [3.05, 3.63) is 29.8 Å². The quantitative estimate of drug-likeness (QED) is 0.546. The number of hydrogen-bond donors (Lipinski definition) is 0. The molecular formula is C14H20O3S2. The van der Waals surface area contributed by atoms with E-state index >= 15 is 0 Å². The highest BCUT2D eigenvalue weighted by Gasteiger charge is 2.20. The van der Waals surface area contributed by atoms with Crippen LogP contribution in [0.5, 0.6) is 0 Å². The minimum atomic E-state index is -3.58. The zero-order valence-electron chi connectivity index (χ0n) is 11.2. The fourth-order valence-electron chi connectivity index (χ4n) is 1.64. The predicted octanol–water partition coefficient (Wildman–Crippen LogP) is 3.23. The first-order chi connectivity index (χ1) is 9.08. The number of thioether (sulfide) groups is 1. The first-order valence-corrected chi connectivity index (χ1v) is 9.18. The van der Waals surface area contributed by atoms with E-state index in [4.69, 9.17) is 4.18 Å². The summed E-state index contributed by atoms with van der Waals surface area (Å²) < 4.78 is 28.8. The molecule has 19 heavy (non-hydrogen) atoms. The van der Waals surface area contributed by atoms with E-state index in [1.54, 1.807) is 24.3 Å². The van der Waals surface area contributed by atoms with Crippen LogP contribution in [0, 0.1) is 12.8 Å². The van der Waals surface area contributed by atoms with Gasteiger partial charge in [-0.2, -0.15) is 20.2 Å². The van der Waals surface area contributed by atoms with Crippen LogP contribution in [0.25, 0.3) is 0 Å². The van der Waals surface area contributed by atoms with Crippen molar-refractivity contribution >= 4 is 21.9 Å². The van der Waals surface area contributed by atoms with Gasteiger partial charge in [0, 0.05) is 0 Å². The van der Waals surface area contributed by atoms with Gasteiger partial charge in [-0.05, 0) is 55.7 Å². The van der Waals surface area contributed by atoms with Crippen molar-refractivity contribution < 1.29 is 12.6 Å². The van der Waals surface area contributed by atoms with Gasteiger partial charge in [0.2, 0.25) is 0 Å². The standard InChI is InChI=1S/C14H20O3S2/c1-12-3-7-14(8-4-12)19(15,16)17-9-2-10-18-11-13-5-6-13/h3-4,7-8,13H,2,5-6,9-11H2,1H3. The molecule has 0 radical (unpaired) electrons. The third-order valence-electron chi connectivity index (χ3n) is 3.03. The molecule has 0 spiro atoms. The molecule has 0 saturated heterocycles. The normalized spacial score (nSPS) is 15.6. The Labute approximate surface area is 119 Å². The second kappa shape index (κ2) is 6.77. The molecule has 0 aliphatic heterocycles. The fraction of sp³-hybridized carbons (Fsp3) is 0.571. The van der Waals surface area contributed by atoms with Gasteiger partial charge in [0.15, 0.2) is 0 Å². The van der Waals surface area contributed by atoms with Gasteiger partial charge < -0.3 is 0 Å². The maximum Gasteiger partial charge on any atom is 0.296 e. The van der Waals surface area contributed by atoms with Gasteiger partial charge in [-0.25, -0.2) is 0 Å². The van der Waals surface area contributed by atoms with Crippen LogP contribution in [0.3, 0.4) is 0 Å². The van der Waals surface area contributed by atoms with Crippen LogP contribution in [-0.4, -0.2) is 26.5 Å². The lowest BCUT2D eigenvalue weighted by molar-refractivity contribution is 0.319. The first-order valence-electron chi connectivity index (χ1n) is 6.62. The van der Waals surface area contributed by atoms with Gasteiger partial charge in [-0.1, -0.05) is 17.7 Å². The van der Waals surface area contributed by atoms with E-state index in [1.807, 2.05) is 18.7 Å². The average Bonchev–Trinajstić information content (AvgIpc) is 3.18. The molecule has 106 valence electrons. The molecule has 1 saturated carbocycles. The lowest BCUT2D eigenvalue weighted by Crippen LogP contribution is -2.08. The Morgan fingerprint density at radius 3 is 2.58 bits per heavy atom. The Morgan fingerprint density at radius 2 is 1.95 bits per heavy atom. The minimum absolute atomic E-state index is 0.240. The number of aryl methyl sites for hydroxylation is 1. The lowest BCUT2D eigenvalue weighted by Gasteiger charge is -2.06. The van der Waals surface area contributed by atoms with Gasteiger partial charge >= 0.3 is 0 Å². The van der Waals surface area contributed by atoms with Crippen LogP contribution in [0.2, 0.25) is 0 Å². The predicted molar refractivity (Wildman–Crippen MR) is 79.0 cm³/mol. The number of hydrogen-bond acceptors (Lipinski definition) is 4. The summed E-state index contributed by atoms with van der Waals surface area (Å²) in [6.07, 6.45) is 3.51. The van der Waals surface area contributed by atoms with E-state index in [2.05, 4.69) is 0 Å². The first kappa shape index (κ1) is 14.9. The van der Waals surface area contributed by atoms with E-state index in [0.29, 0.717) is 0 Å². The summed E-state index contributed by atoms with van der Waals surface area (Å²) in [4.78, 5) is 0.240. The van der Waals surface area contributed by atoms with Crippen LogP contribution < -0.4 is 0 Å². The minimum Gasteiger partial charge on any atom is -0.266 e. The van der Waals surface area contributed by atoms with Gasteiger partial charge in [0.05, 0.1) is 11.5 Å². The Hall–Kier alpha value is -0.520. The molecule has 5 heteroatoms. The highest BCUT2D eigenvalue weighted by Crippen LogP contribution is 2.32. The summed E-state index contributed by atoms with van der Waals surface area (Å²) in [6.45, 7) is 2.20. The van der Waals surface area contributed by atoms with Crippen molar-refractivity contribution in [1.29, 1.82) is 0 Å². The molecule has 1 aromatic rings. The molecule has 0 bridgehead atoms. The smallest absolute Gasteiger partial charge is 0.266 e. The zero-order valence-corrected chi connectivity index (χ0v) is 12.8. The fourth-order valence-corrected chi connectivity index (χ4v) is 3.74. The summed E-state index contributed by atoms with van der Waals surface area (Å²) in [5.41, 5.74) is 1.04. The van der Waals surface area contributed by atoms with Crippen LogP contribution in [-0.2, 0) is 14.3 Å². The largest absolute Gasteiger partial charge is 0.296 e. The molecule has 1 aromatic carbocycles. The second-order valence-electron chi connectivity index (χ2n) is 4.96. The summed E-state index contributed by atoms with van der Waals surface area (Å²) in [5.74, 6) is 3.10. The van der Waals surface area contributed by atoms with E-state index in [1.165, 1.54) is 18.6 Å². The molecule has 2 rings (SSSR count). The Balaban J connectivity index is 1.69. The van der Waals surface area contributed by atoms with E-state index in [9.17, 15) is 8.42 Å². The molecule has 3 nitrogen and oxygen atoms in total. The van der Waals surface area contributed by atoms with Crippen molar-refractivity contribution in [2.24, 2.45) is 5.92 Å². The Kier molecular flexibility index (Phi) is 5.30. The molecule has 0 amide bonds. The number of benzene rings is 1. The summed E-state index contributed by atoms with van der Waals surface area (Å²) in [6, 6.07) is 6.74. The van der Waals surface area contributed by atoms with E-state index < -0.39 is 10.1 Å². The molecule has 0 unspecified atom stereocenters. The third kappa shape index (κ3) is 5.16. The second-order valence-corrected chi connectivity index (χ2v) is 7.73. The maximum atomic E-state index is 11.9. The summed E-state index contributed by atoms with van der Waals surface area (Å²) >= 11 is 1.90. The number of rotatable bonds is 8. The highest BCUT2D eigenvalue weighted by molar-refractivity contribution is 7.99. The highest BCUT2D eigenvalue weighted by atomic mass is 32.2. The topological polar surface area (TPSA) is 43.4 Å². The van der Waals surface area contributed by atoms with Crippen molar-refractivity contribution in [3.8, 4) is 0 Å². The molecule has 1 aliphatic carbocycles. The Morgan fingerprint density at radius 1 is 1.26 bits per heavy atom. The molecule has 0 atom stereocenters. The van der Waals surface area contributed by atoms with Crippen LogP contribution in [0.1, 0.15) is 24.8 Å². The van der Waals surface area contributed by atoms with Gasteiger partial charge in [0.25, 0.3) is 10.1 Å². The monoisotopic (exact) mass is 300 g/mol. The zero-order chi connectivity index (χ0) is 13.7.